The fourth-order valence-corrected chi connectivity index (χ4v) is 4.72. The van der Waals surface area contributed by atoms with E-state index >= 15 is 0 Å². The Morgan fingerprint density at radius 3 is 2.52 bits per heavy atom. The number of carbonyl (C=O) groups is 1. The highest BCUT2D eigenvalue weighted by Crippen LogP contribution is 2.38. The second-order valence-corrected chi connectivity index (χ2v) is 8.75. The van der Waals surface area contributed by atoms with Crippen molar-refractivity contribution in [1.82, 2.24) is 15.2 Å². The van der Waals surface area contributed by atoms with Gasteiger partial charge < -0.3 is 10.2 Å². The minimum absolute atomic E-state index is 0.0772. The number of urea groups is 1. The summed E-state index contributed by atoms with van der Waals surface area (Å²) in [5, 5.41) is 2.67. The van der Waals surface area contributed by atoms with E-state index < -0.39 is 10.1 Å². The summed E-state index contributed by atoms with van der Waals surface area (Å²) in [5.41, 5.74) is 6.13. The summed E-state index contributed by atoms with van der Waals surface area (Å²) < 4.78 is 32.7. The Morgan fingerprint density at radius 1 is 1.10 bits per heavy atom. The maximum atomic E-state index is 11.9. The third-order valence-electron chi connectivity index (χ3n) is 5.66. The third-order valence-corrected chi connectivity index (χ3v) is 6.51. The van der Waals surface area contributed by atoms with Crippen LogP contribution in [0, 0.1) is 0 Å². The molecule has 2 aromatic rings. The number of pyridine rings is 1. The summed E-state index contributed by atoms with van der Waals surface area (Å²) in [6.07, 6.45) is 4.65. The molecule has 0 saturated carbocycles. The van der Waals surface area contributed by atoms with Crippen LogP contribution in [0.4, 0.5) is 4.79 Å². The molecule has 8 heteroatoms. The van der Waals surface area contributed by atoms with E-state index in [0.29, 0.717) is 19.5 Å². The molecule has 2 amide bonds. The van der Waals surface area contributed by atoms with E-state index in [1.54, 1.807) is 30.3 Å². The monoisotopic (exact) mass is 413 g/mol. The topological polar surface area (TPSA) is 99.6 Å². The molecule has 0 bridgehead atoms. The molecule has 2 heterocycles. The molecule has 0 atom stereocenters. The zero-order valence-electron chi connectivity index (χ0n) is 16.2. The van der Waals surface area contributed by atoms with Crippen molar-refractivity contribution in [2.45, 2.75) is 30.6 Å². The van der Waals surface area contributed by atoms with Gasteiger partial charge in [0.15, 0.2) is 0 Å². The molecule has 1 fully saturated rings. The molecular weight excluding hydrogens is 390 g/mol. The van der Waals surface area contributed by atoms with Crippen LogP contribution < -0.4 is 5.32 Å². The molecule has 0 unspecified atom stereocenters. The largest absolute Gasteiger partial charge is 0.341 e. The highest BCUT2D eigenvalue weighted by atomic mass is 32.2. The molecule has 4 rings (SSSR count). The summed E-state index contributed by atoms with van der Waals surface area (Å²) in [5.74, 6) is 0. The normalized spacial score (nSPS) is 16.7. The number of hydrogen-bond donors (Lipinski definition) is 2. The number of nitrogens with one attached hydrogen (secondary N) is 1. The van der Waals surface area contributed by atoms with Crippen molar-refractivity contribution in [1.29, 1.82) is 0 Å². The van der Waals surface area contributed by atoms with E-state index in [1.165, 1.54) is 11.6 Å². The van der Waals surface area contributed by atoms with Crippen molar-refractivity contribution in [3.63, 3.8) is 0 Å². The lowest BCUT2D eigenvalue weighted by molar-refractivity contribution is 0.196. The van der Waals surface area contributed by atoms with Crippen LogP contribution in [0.2, 0.25) is 0 Å². The Hall–Kier alpha value is -2.71. The number of amides is 2. The molecule has 29 heavy (non-hydrogen) atoms. The van der Waals surface area contributed by atoms with Crippen molar-refractivity contribution in [3.8, 4) is 0 Å². The molecule has 1 aromatic heterocycles. The van der Waals surface area contributed by atoms with Gasteiger partial charge in [-0.15, -0.1) is 0 Å². The fourth-order valence-electron chi connectivity index (χ4n) is 4.19. The van der Waals surface area contributed by atoms with Crippen LogP contribution in [-0.4, -0.2) is 49.0 Å². The molecule has 0 spiro atoms. The van der Waals surface area contributed by atoms with Crippen LogP contribution in [-0.2, 0) is 23.0 Å². The Kier molecular flexibility index (Phi) is 5.14. The predicted molar refractivity (Wildman–Crippen MR) is 109 cm³/mol. The van der Waals surface area contributed by atoms with E-state index in [2.05, 4.69) is 16.4 Å². The average molecular weight is 413 g/mol. The zero-order valence-corrected chi connectivity index (χ0v) is 17.0. The van der Waals surface area contributed by atoms with Gasteiger partial charge in [0.2, 0.25) is 0 Å². The molecule has 1 aromatic carbocycles. The van der Waals surface area contributed by atoms with E-state index in [-0.39, 0.29) is 10.9 Å². The maximum absolute atomic E-state index is 11.9. The zero-order chi connectivity index (χ0) is 20.6. The van der Waals surface area contributed by atoms with Gasteiger partial charge in [-0.25, -0.2) is 4.79 Å². The van der Waals surface area contributed by atoms with Crippen molar-refractivity contribution in [3.05, 3.63) is 64.5 Å². The SMILES string of the molecule is CNC(=O)N1CCC(=C2c3ccc(S(=O)(=O)O)cc3CCc3cccnc32)CC1. The number of hydrogen-bond acceptors (Lipinski definition) is 4. The number of piperidine rings is 1. The fraction of sp³-hybridized carbons (Fsp3) is 0.333. The predicted octanol–water partition coefficient (Wildman–Crippen LogP) is 2.66. The first-order valence-electron chi connectivity index (χ1n) is 9.62. The summed E-state index contributed by atoms with van der Waals surface area (Å²) in [6, 6.07) is 8.67. The molecule has 7 nitrogen and oxygen atoms in total. The minimum Gasteiger partial charge on any atom is -0.341 e. The molecule has 2 aliphatic rings. The third kappa shape index (κ3) is 3.77. The number of aromatic nitrogens is 1. The summed E-state index contributed by atoms with van der Waals surface area (Å²) in [6.45, 7) is 1.25. The molecule has 1 aliphatic heterocycles. The van der Waals surface area contributed by atoms with Crippen molar-refractivity contribution in [2.24, 2.45) is 0 Å². The summed E-state index contributed by atoms with van der Waals surface area (Å²) in [4.78, 5) is 18.3. The quantitative estimate of drug-likeness (QED) is 0.700. The van der Waals surface area contributed by atoms with Crippen molar-refractivity contribution >= 4 is 21.7 Å². The Balaban J connectivity index is 1.84. The Morgan fingerprint density at radius 2 is 1.83 bits per heavy atom. The molecule has 2 N–H and O–H groups in total. The van der Waals surface area contributed by atoms with Crippen LogP contribution in [0.25, 0.3) is 5.57 Å². The molecule has 152 valence electrons. The first-order valence-corrected chi connectivity index (χ1v) is 11.1. The van der Waals surface area contributed by atoms with Gasteiger partial charge >= 0.3 is 6.03 Å². The average Bonchev–Trinajstić information content (AvgIpc) is 2.89. The number of fused-ring (bicyclic) bond motifs is 2. The Bertz CT molecular complexity index is 1100. The van der Waals surface area contributed by atoms with Crippen LogP contribution in [0.1, 0.15) is 35.2 Å². The lowest BCUT2D eigenvalue weighted by Gasteiger charge is -2.30. The van der Waals surface area contributed by atoms with Crippen LogP contribution in [0.3, 0.4) is 0 Å². The highest BCUT2D eigenvalue weighted by molar-refractivity contribution is 7.85. The van der Waals surface area contributed by atoms with Gasteiger partial charge in [-0.2, -0.15) is 8.42 Å². The van der Waals surface area contributed by atoms with Crippen molar-refractivity contribution in [2.75, 3.05) is 20.1 Å². The first-order chi connectivity index (χ1) is 13.9. The minimum atomic E-state index is -4.26. The van der Waals surface area contributed by atoms with E-state index in [1.807, 2.05) is 6.07 Å². The number of likely N-dealkylation sites (tertiary alicyclic amines) is 1. The van der Waals surface area contributed by atoms with Crippen LogP contribution >= 0.6 is 0 Å². The standard InChI is InChI=1S/C21H23N3O4S/c1-22-21(25)24-11-8-14(9-12-24)19-18-7-6-17(29(26,27)28)13-16(18)5-4-15-3-2-10-23-20(15)19/h2-3,6-7,10,13H,4-5,8-9,11-12H2,1H3,(H,22,25)(H,26,27,28). The van der Waals surface area contributed by atoms with Gasteiger partial charge in [-0.1, -0.05) is 17.7 Å². The van der Waals surface area contributed by atoms with Gasteiger partial charge in [0, 0.05) is 31.9 Å². The second-order valence-electron chi connectivity index (χ2n) is 7.33. The Labute approximate surface area is 170 Å². The molecule has 1 saturated heterocycles. The number of carbonyl (C=O) groups excluding carboxylic acids is 1. The molecule has 1 aliphatic carbocycles. The van der Waals surface area contributed by atoms with Crippen LogP contribution in [0.15, 0.2) is 47.0 Å². The van der Waals surface area contributed by atoms with Gasteiger partial charge in [-0.05, 0) is 60.6 Å². The smallest absolute Gasteiger partial charge is 0.317 e. The molecule has 0 radical (unpaired) electrons. The van der Waals surface area contributed by atoms with Gasteiger partial charge in [-0.3, -0.25) is 9.54 Å². The first kappa shape index (κ1) is 19.6. The number of rotatable bonds is 1. The van der Waals surface area contributed by atoms with Crippen LogP contribution in [0.5, 0.6) is 0 Å². The second kappa shape index (κ2) is 7.61. The lowest BCUT2D eigenvalue weighted by Crippen LogP contribution is -2.41. The number of benzene rings is 1. The number of aryl methyl sites for hydroxylation is 2. The van der Waals surface area contributed by atoms with E-state index in [4.69, 9.17) is 0 Å². The summed E-state index contributed by atoms with van der Waals surface area (Å²) in [7, 11) is -2.63. The maximum Gasteiger partial charge on any atom is 0.317 e. The van der Waals surface area contributed by atoms with Gasteiger partial charge in [0.25, 0.3) is 10.1 Å². The molecular formula is C21H23N3O4S. The van der Waals surface area contributed by atoms with E-state index in [9.17, 15) is 17.8 Å². The van der Waals surface area contributed by atoms with Crippen molar-refractivity contribution < 1.29 is 17.8 Å². The van der Waals surface area contributed by atoms with Gasteiger partial charge in [0.05, 0.1) is 10.6 Å². The highest BCUT2D eigenvalue weighted by Gasteiger charge is 2.27. The lowest BCUT2D eigenvalue weighted by atomic mass is 9.88. The summed E-state index contributed by atoms with van der Waals surface area (Å²) >= 11 is 0. The van der Waals surface area contributed by atoms with E-state index in [0.717, 1.165) is 47.2 Å². The van der Waals surface area contributed by atoms with Gasteiger partial charge in [0.1, 0.15) is 0 Å². The number of nitrogens with zero attached hydrogens (tertiary/aromatic N) is 2.